The molecule has 22 heavy (non-hydrogen) atoms. The van der Waals surface area contributed by atoms with Crippen LogP contribution in [0.4, 0.5) is 13.2 Å². The number of aliphatic hydroxyl groups excluding tert-OH is 1. The van der Waals surface area contributed by atoms with Gasteiger partial charge < -0.3 is 14.9 Å². The summed E-state index contributed by atoms with van der Waals surface area (Å²) in [5, 5.41) is 17.4. The van der Waals surface area contributed by atoms with Crippen LogP contribution < -0.4 is 4.74 Å². The van der Waals surface area contributed by atoms with E-state index >= 15 is 0 Å². The van der Waals surface area contributed by atoms with Crippen LogP contribution in [-0.2, 0) is 0 Å². The molecule has 0 saturated heterocycles. The van der Waals surface area contributed by atoms with Crippen molar-refractivity contribution in [2.75, 3.05) is 13.2 Å². The summed E-state index contributed by atoms with van der Waals surface area (Å²) in [6, 6.07) is 3.24. The molecule has 0 aliphatic carbocycles. The van der Waals surface area contributed by atoms with E-state index in [0.717, 1.165) is 24.3 Å². The third kappa shape index (κ3) is 3.17. The molecule has 2 rings (SSSR count). The average molecular weight is 313 g/mol. The smallest absolute Gasteiger partial charge is 0.354 e. The number of aromatic carboxylic acids is 1. The summed E-state index contributed by atoms with van der Waals surface area (Å²) >= 11 is 0. The zero-order chi connectivity index (χ0) is 16.3. The second kappa shape index (κ2) is 6.44. The number of halogens is 3. The van der Waals surface area contributed by atoms with Crippen LogP contribution in [0.15, 0.2) is 24.3 Å². The molecule has 1 heterocycles. The highest BCUT2D eigenvalue weighted by molar-refractivity contribution is 5.86. The van der Waals surface area contributed by atoms with Crippen molar-refractivity contribution in [3.8, 4) is 17.0 Å². The molecule has 5 nitrogen and oxygen atoms in total. The van der Waals surface area contributed by atoms with Gasteiger partial charge in [0.15, 0.2) is 0 Å². The Morgan fingerprint density at radius 1 is 1.14 bits per heavy atom. The number of carboxylic acids is 1. The minimum absolute atomic E-state index is 0.167. The van der Waals surface area contributed by atoms with Crippen LogP contribution >= 0.6 is 0 Å². The molecule has 0 saturated carbocycles. The number of aromatic nitrogens is 1. The fraction of sp³-hybridized carbons (Fsp3) is 0.143. The molecule has 0 unspecified atom stereocenters. The Labute approximate surface area is 122 Å². The highest BCUT2D eigenvalue weighted by Gasteiger charge is 2.20. The van der Waals surface area contributed by atoms with Crippen molar-refractivity contribution in [2.45, 2.75) is 0 Å². The van der Waals surface area contributed by atoms with Gasteiger partial charge in [0, 0.05) is 12.1 Å². The predicted octanol–water partition coefficient (Wildman–Crippen LogP) is 2.24. The van der Waals surface area contributed by atoms with Crippen LogP contribution in [0.1, 0.15) is 10.5 Å². The van der Waals surface area contributed by atoms with Gasteiger partial charge in [-0.2, -0.15) is 0 Å². The van der Waals surface area contributed by atoms with E-state index in [0.29, 0.717) is 0 Å². The van der Waals surface area contributed by atoms with Gasteiger partial charge in [-0.25, -0.2) is 22.9 Å². The van der Waals surface area contributed by atoms with Gasteiger partial charge in [-0.3, -0.25) is 0 Å². The number of rotatable bonds is 5. The predicted molar refractivity (Wildman–Crippen MR) is 69.1 cm³/mol. The monoisotopic (exact) mass is 313 g/mol. The summed E-state index contributed by atoms with van der Waals surface area (Å²) in [4.78, 5) is 14.2. The second-order valence-corrected chi connectivity index (χ2v) is 4.17. The molecule has 0 fully saturated rings. The van der Waals surface area contributed by atoms with Crippen molar-refractivity contribution in [2.24, 2.45) is 0 Å². The molecule has 0 radical (unpaired) electrons. The highest BCUT2D eigenvalue weighted by Crippen LogP contribution is 2.30. The number of benzene rings is 1. The maximum Gasteiger partial charge on any atom is 0.354 e. The number of hydrogen-bond donors (Lipinski definition) is 2. The zero-order valence-electron chi connectivity index (χ0n) is 11.0. The van der Waals surface area contributed by atoms with E-state index in [9.17, 15) is 18.0 Å². The number of carboxylic acid groups (broad SMARTS) is 1. The van der Waals surface area contributed by atoms with Crippen molar-refractivity contribution in [3.63, 3.8) is 0 Å². The molecule has 116 valence electrons. The molecule has 8 heteroatoms. The summed E-state index contributed by atoms with van der Waals surface area (Å²) < 4.78 is 46.6. The molecule has 0 aliphatic rings. The Balaban J connectivity index is 2.53. The minimum atomic E-state index is -1.45. The Hall–Kier alpha value is -2.61. The van der Waals surface area contributed by atoms with Gasteiger partial charge in [-0.1, -0.05) is 0 Å². The summed E-state index contributed by atoms with van der Waals surface area (Å²) in [6.07, 6.45) is 0. The molecule has 0 spiro atoms. The van der Waals surface area contributed by atoms with Crippen molar-refractivity contribution in [1.82, 2.24) is 4.98 Å². The quantitative estimate of drug-likeness (QED) is 0.885. The first-order valence-electron chi connectivity index (χ1n) is 6.07. The molecular weight excluding hydrogens is 303 g/mol. The van der Waals surface area contributed by atoms with E-state index in [1.807, 2.05) is 0 Å². The minimum Gasteiger partial charge on any atom is -0.491 e. The lowest BCUT2D eigenvalue weighted by atomic mass is 10.1. The summed E-state index contributed by atoms with van der Waals surface area (Å²) in [5.41, 5.74) is -2.09. The van der Waals surface area contributed by atoms with Gasteiger partial charge >= 0.3 is 5.97 Å². The Bertz CT molecular complexity index is 698. The number of nitrogens with zero attached hydrogens (tertiary/aromatic N) is 1. The number of hydrogen-bond acceptors (Lipinski definition) is 4. The van der Waals surface area contributed by atoms with Crippen molar-refractivity contribution >= 4 is 5.97 Å². The third-order valence-corrected chi connectivity index (χ3v) is 2.68. The Morgan fingerprint density at radius 2 is 1.77 bits per heavy atom. The van der Waals surface area contributed by atoms with Crippen LogP contribution in [0.2, 0.25) is 0 Å². The largest absolute Gasteiger partial charge is 0.491 e. The first-order chi connectivity index (χ1) is 10.4. The second-order valence-electron chi connectivity index (χ2n) is 4.17. The van der Waals surface area contributed by atoms with Gasteiger partial charge in [-0.05, 0) is 12.1 Å². The van der Waals surface area contributed by atoms with E-state index in [2.05, 4.69) is 4.98 Å². The molecule has 2 N–H and O–H groups in total. The Morgan fingerprint density at radius 3 is 2.32 bits per heavy atom. The lowest BCUT2D eigenvalue weighted by Crippen LogP contribution is -2.06. The van der Waals surface area contributed by atoms with Gasteiger partial charge in [0.2, 0.25) is 0 Å². The van der Waals surface area contributed by atoms with Crippen molar-refractivity contribution in [3.05, 3.63) is 47.4 Å². The molecule has 0 amide bonds. The highest BCUT2D eigenvalue weighted by atomic mass is 19.1. The van der Waals surface area contributed by atoms with Crippen molar-refractivity contribution < 1.29 is 32.9 Å². The topological polar surface area (TPSA) is 79.7 Å². The molecule has 1 aromatic carbocycles. The van der Waals surface area contributed by atoms with Gasteiger partial charge in [-0.15, -0.1) is 0 Å². The zero-order valence-corrected chi connectivity index (χ0v) is 11.0. The van der Waals surface area contributed by atoms with Gasteiger partial charge in [0.25, 0.3) is 0 Å². The SMILES string of the molecule is O=C(O)c1ccc(F)c(-c2c(F)cc(OCCO)cc2F)n1. The van der Waals surface area contributed by atoms with E-state index < -0.39 is 40.4 Å². The first kappa shape index (κ1) is 15.8. The first-order valence-corrected chi connectivity index (χ1v) is 6.07. The molecule has 1 aromatic heterocycles. The number of aliphatic hydroxyl groups is 1. The van der Waals surface area contributed by atoms with Crippen LogP contribution in [-0.4, -0.2) is 34.4 Å². The summed E-state index contributed by atoms with van der Waals surface area (Å²) in [5.74, 6) is -5.04. The molecule has 0 atom stereocenters. The average Bonchev–Trinajstić information content (AvgIpc) is 2.46. The van der Waals surface area contributed by atoms with E-state index in [1.165, 1.54) is 0 Å². The van der Waals surface area contributed by atoms with Gasteiger partial charge in [0.05, 0.1) is 12.2 Å². The number of carbonyl (C=O) groups is 1. The molecule has 0 bridgehead atoms. The maximum absolute atomic E-state index is 14.0. The molecule has 0 aliphatic heterocycles. The Kier molecular flexibility index (Phi) is 4.62. The van der Waals surface area contributed by atoms with E-state index in [4.69, 9.17) is 14.9 Å². The van der Waals surface area contributed by atoms with E-state index in [1.54, 1.807) is 0 Å². The number of ether oxygens (including phenoxy) is 1. The van der Waals surface area contributed by atoms with Crippen LogP contribution in [0, 0.1) is 17.5 Å². The summed E-state index contributed by atoms with van der Waals surface area (Å²) in [6.45, 7) is -0.513. The van der Waals surface area contributed by atoms with E-state index in [-0.39, 0.29) is 19.0 Å². The lowest BCUT2D eigenvalue weighted by molar-refractivity contribution is 0.0690. The fourth-order valence-corrected chi connectivity index (χ4v) is 1.76. The third-order valence-electron chi connectivity index (χ3n) is 2.68. The van der Waals surface area contributed by atoms with Gasteiger partial charge in [0.1, 0.15) is 41.2 Å². The number of pyridine rings is 1. The molecular formula is C14H10F3NO4. The standard InChI is InChI=1S/C14H10F3NO4/c15-8-1-2-11(14(20)21)18-13(8)12-9(16)5-7(6-10(12)17)22-4-3-19/h1-2,5-6,19H,3-4H2,(H,20,21). The fourth-order valence-electron chi connectivity index (χ4n) is 1.76. The van der Waals surface area contributed by atoms with Crippen LogP contribution in [0.3, 0.4) is 0 Å². The van der Waals surface area contributed by atoms with Crippen LogP contribution in [0.25, 0.3) is 11.3 Å². The summed E-state index contributed by atoms with van der Waals surface area (Å²) in [7, 11) is 0. The van der Waals surface area contributed by atoms with Crippen molar-refractivity contribution in [1.29, 1.82) is 0 Å². The normalized spacial score (nSPS) is 10.5. The maximum atomic E-state index is 14.0. The van der Waals surface area contributed by atoms with Crippen LogP contribution in [0.5, 0.6) is 5.75 Å². The molecule has 2 aromatic rings. The lowest BCUT2D eigenvalue weighted by Gasteiger charge is -2.10.